The number of benzene rings is 1. The number of rotatable bonds is 28. The van der Waals surface area contributed by atoms with Crippen LogP contribution < -0.4 is 4.89 Å². The Hall–Kier alpha value is -2.11. The SMILES string of the molecule is CS(=O)(=O)c1cccc(OOOOOOOOOOOOOOOOOOOOOOOOOOOO)c1. The Bertz CT molecular complexity index is 755. The van der Waals surface area contributed by atoms with Gasteiger partial charge in [0.25, 0.3) is 0 Å². The Morgan fingerprint density at radius 1 is 0.500 bits per heavy atom. The van der Waals surface area contributed by atoms with E-state index in [9.17, 15) is 8.42 Å². The van der Waals surface area contributed by atoms with Gasteiger partial charge in [0.15, 0.2) is 15.6 Å². The second-order valence-electron chi connectivity index (χ2n) is 4.11. The van der Waals surface area contributed by atoms with E-state index >= 15 is 0 Å². The molecule has 222 valence electrons. The molecule has 0 fully saturated rings. The van der Waals surface area contributed by atoms with Crippen LogP contribution in [0.1, 0.15) is 0 Å². The van der Waals surface area contributed by atoms with Crippen LogP contribution in [0.25, 0.3) is 0 Å². The Morgan fingerprint density at radius 2 is 0.816 bits per heavy atom. The lowest BCUT2D eigenvalue weighted by Crippen LogP contribution is -2.06. The Labute approximate surface area is 201 Å². The summed E-state index contributed by atoms with van der Waals surface area (Å²) in [4.78, 5) is 4.45. The molecule has 0 unspecified atom stereocenters. The second-order valence-corrected chi connectivity index (χ2v) is 6.12. The average Bonchev–Trinajstić information content (AvgIpc) is 2.90. The molecule has 1 rings (SSSR count). The van der Waals surface area contributed by atoms with Gasteiger partial charge >= 0.3 is 0 Å². The lowest BCUT2D eigenvalue weighted by atomic mass is 10.3. The van der Waals surface area contributed by atoms with Gasteiger partial charge in [-0.3, -0.25) is 0 Å². The zero-order valence-corrected chi connectivity index (χ0v) is 17.8. The Balaban J connectivity index is 1.73. The number of sulfone groups is 1. The molecule has 0 saturated heterocycles. The van der Waals surface area contributed by atoms with Crippen LogP contribution in [-0.2, 0) is 141 Å². The van der Waals surface area contributed by atoms with E-state index in [-0.39, 0.29) is 10.6 Å². The maximum absolute atomic E-state index is 11.4. The van der Waals surface area contributed by atoms with Crippen molar-refractivity contribution in [2.45, 2.75) is 4.90 Å². The lowest BCUT2D eigenvalue weighted by molar-refractivity contribution is -0.903. The first-order valence-corrected chi connectivity index (χ1v) is 9.38. The van der Waals surface area contributed by atoms with Crippen LogP contribution in [0.3, 0.4) is 0 Å². The molecule has 1 N–H and O–H groups in total. The fourth-order valence-corrected chi connectivity index (χ4v) is 1.74. The Morgan fingerprint density at radius 3 is 1.13 bits per heavy atom. The molecule has 0 aromatic heterocycles. The molecule has 1 aromatic rings. The van der Waals surface area contributed by atoms with Gasteiger partial charge in [-0.15, -0.1) is 0 Å². The van der Waals surface area contributed by atoms with Gasteiger partial charge in [-0.25, -0.2) is 13.7 Å². The van der Waals surface area contributed by atoms with Crippen LogP contribution in [0.2, 0.25) is 0 Å². The largest absolute Gasteiger partial charge is 0.306 e. The summed E-state index contributed by atoms with van der Waals surface area (Å²) in [5, 5.41) is 99.0. The van der Waals surface area contributed by atoms with Crippen molar-refractivity contribution in [3.63, 3.8) is 0 Å². The standard InChI is InChI=1S/C7H8O30S/c1-38(9,10)7-4-2-3-6(5-7)11-13-15-17-19-21-23-25-27-29-31-33-35-37-36-34-32-30-28-26-24-22-20-18-16-14-12-8/h2-5,8H,1H3. The van der Waals surface area contributed by atoms with Crippen LogP contribution in [-0.4, -0.2) is 19.9 Å². The molecule has 0 atom stereocenters. The van der Waals surface area contributed by atoms with E-state index in [0.717, 1.165) is 12.3 Å². The smallest absolute Gasteiger partial charge is 0.175 e. The van der Waals surface area contributed by atoms with Crippen molar-refractivity contribution in [2.75, 3.05) is 6.26 Å². The molecule has 0 amide bonds. The fraction of sp³-hybridized carbons (Fsp3) is 0.143. The molecule has 0 saturated carbocycles. The highest BCUT2D eigenvalue weighted by molar-refractivity contribution is 7.90. The van der Waals surface area contributed by atoms with Gasteiger partial charge in [-0.1, -0.05) is 6.07 Å². The van der Waals surface area contributed by atoms with Gasteiger partial charge in [-0.05, 0) is 52.4 Å². The first kappa shape index (κ1) is 33.9. The normalized spacial score (nSPS) is 11.7. The molecular formula is C7H8O30S. The van der Waals surface area contributed by atoms with E-state index in [4.69, 9.17) is 5.26 Å². The maximum Gasteiger partial charge on any atom is 0.175 e. The summed E-state index contributed by atoms with van der Waals surface area (Å²) < 4.78 is 22.7. The quantitative estimate of drug-likeness (QED) is 0.0692. The fourth-order valence-electron chi connectivity index (χ4n) is 1.08. The maximum atomic E-state index is 11.4. The molecule has 0 aliphatic heterocycles. The van der Waals surface area contributed by atoms with Crippen molar-refractivity contribution in [3.05, 3.63) is 24.3 Å². The minimum Gasteiger partial charge on any atom is -0.306 e. The van der Waals surface area contributed by atoms with Gasteiger partial charge in [0.05, 0.1) is 4.90 Å². The summed E-state index contributed by atoms with van der Waals surface area (Å²) in [5.74, 6) is -0.0742. The summed E-state index contributed by atoms with van der Waals surface area (Å²) in [6.45, 7) is 0. The van der Waals surface area contributed by atoms with Gasteiger partial charge in [-0.2, -0.15) is 0 Å². The molecule has 38 heavy (non-hydrogen) atoms. The lowest BCUT2D eigenvalue weighted by Gasteiger charge is -2.03. The summed E-state index contributed by atoms with van der Waals surface area (Å²) >= 11 is 0. The molecule has 0 bridgehead atoms. The minimum atomic E-state index is -3.48. The van der Waals surface area contributed by atoms with Gasteiger partial charge in [0.1, 0.15) is 0 Å². The Kier molecular flexibility index (Phi) is 21.4. The van der Waals surface area contributed by atoms with Crippen molar-refractivity contribution in [1.82, 2.24) is 0 Å². The molecule has 0 spiro atoms. The van der Waals surface area contributed by atoms with Gasteiger partial charge in [0, 0.05) is 103 Å². The van der Waals surface area contributed by atoms with Crippen molar-refractivity contribution < 1.29 is 150 Å². The number of hydrogen-bond donors (Lipinski definition) is 1. The highest BCUT2D eigenvalue weighted by Gasteiger charge is 2.09. The summed E-state index contributed by atoms with van der Waals surface area (Å²) in [6.07, 6.45) is 0.981. The predicted molar refractivity (Wildman–Crippen MR) is 71.0 cm³/mol. The zero-order valence-electron chi connectivity index (χ0n) is 17.0. The monoisotopic (exact) mass is 604 g/mol. The van der Waals surface area contributed by atoms with Crippen LogP contribution >= 0.6 is 0 Å². The zero-order chi connectivity index (χ0) is 27.6. The first-order valence-electron chi connectivity index (χ1n) is 7.49. The molecular weight excluding hydrogens is 596 g/mol. The minimum absolute atomic E-state index is 0.0573. The third-order valence-electron chi connectivity index (χ3n) is 2.06. The first-order chi connectivity index (χ1) is 18.5. The molecule has 1 aromatic carbocycles. The highest BCUT2D eigenvalue weighted by atomic mass is 32.2. The van der Waals surface area contributed by atoms with Gasteiger partial charge in [0.2, 0.25) is 0 Å². The van der Waals surface area contributed by atoms with Crippen molar-refractivity contribution in [2.24, 2.45) is 0 Å². The molecule has 0 heterocycles. The van der Waals surface area contributed by atoms with Crippen LogP contribution in [0, 0.1) is 0 Å². The van der Waals surface area contributed by atoms with Crippen LogP contribution in [0.15, 0.2) is 29.2 Å². The molecule has 31 heteroatoms. The second kappa shape index (κ2) is 24.0. The average molecular weight is 604 g/mol. The van der Waals surface area contributed by atoms with Crippen molar-refractivity contribution >= 4 is 9.84 Å². The summed E-state index contributed by atoms with van der Waals surface area (Å²) in [5.41, 5.74) is 0. The molecule has 0 radical (unpaired) electrons. The van der Waals surface area contributed by atoms with Crippen LogP contribution in [0.4, 0.5) is 0 Å². The molecule has 0 aliphatic rings. The van der Waals surface area contributed by atoms with E-state index in [1.165, 1.54) is 18.2 Å². The van der Waals surface area contributed by atoms with Gasteiger partial charge < -0.3 is 4.89 Å². The topological polar surface area (TPSA) is 304 Å². The third-order valence-corrected chi connectivity index (χ3v) is 3.17. The number of hydrogen-bond acceptors (Lipinski definition) is 30. The van der Waals surface area contributed by atoms with E-state index in [1.807, 2.05) is 0 Å². The van der Waals surface area contributed by atoms with E-state index < -0.39 is 9.84 Å². The van der Waals surface area contributed by atoms with Crippen LogP contribution in [0.5, 0.6) is 5.75 Å². The third kappa shape index (κ3) is 20.9. The molecule has 0 aliphatic carbocycles. The summed E-state index contributed by atoms with van der Waals surface area (Å²) in [7, 11) is -3.48. The van der Waals surface area contributed by atoms with E-state index in [1.54, 1.807) is 0 Å². The van der Waals surface area contributed by atoms with E-state index in [0.29, 0.717) is 0 Å². The molecule has 30 nitrogen and oxygen atoms in total. The van der Waals surface area contributed by atoms with Crippen molar-refractivity contribution in [3.8, 4) is 5.75 Å². The van der Waals surface area contributed by atoms with Crippen molar-refractivity contribution in [1.29, 1.82) is 0 Å². The summed E-state index contributed by atoms with van der Waals surface area (Å²) in [6, 6.07) is 5.11. The predicted octanol–water partition coefficient (Wildman–Crippen LogP) is -0.837. The van der Waals surface area contributed by atoms with E-state index in [2.05, 4.69) is 136 Å². The highest BCUT2D eigenvalue weighted by Crippen LogP contribution is 2.17.